The molecule has 0 radical (unpaired) electrons. The standard InChI is InChI=1S/C13H18N2OS/c1-10-12(5-7-16-10)17-11-4-3-6-13(8-11,9-14)15-2/h5,7,11,15H,3-4,6,8H2,1-2H3. The number of thioether (sulfide) groups is 1. The Balaban J connectivity index is 2.04. The van der Waals surface area contributed by atoms with Crippen LogP contribution in [0.5, 0.6) is 0 Å². The Morgan fingerprint density at radius 1 is 1.65 bits per heavy atom. The molecular formula is C13H18N2OS. The Morgan fingerprint density at radius 2 is 2.47 bits per heavy atom. The highest BCUT2D eigenvalue weighted by atomic mass is 32.2. The number of nitrogens with one attached hydrogen (secondary N) is 1. The highest BCUT2D eigenvalue weighted by Gasteiger charge is 2.35. The molecule has 2 atom stereocenters. The molecule has 2 rings (SSSR count). The first-order valence-electron chi connectivity index (χ1n) is 6.00. The number of aryl methyl sites for hydroxylation is 1. The third kappa shape index (κ3) is 2.67. The molecule has 1 aromatic heterocycles. The molecule has 92 valence electrons. The molecule has 0 bridgehead atoms. The summed E-state index contributed by atoms with van der Waals surface area (Å²) in [7, 11) is 1.89. The highest BCUT2D eigenvalue weighted by Crippen LogP contribution is 2.39. The van der Waals surface area contributed by atoms with E-state index >= 15 is 0 Å². The van der Waals surface area contributed by atoms with Crippen molar-refractivity contribution >= 4 is 11.8 Å². The zero-order valence-electron chi connectivity index (χ0n) is 10.3. The van der Waals surface area contributed by atoms with E-state index < -0.39 is 0 Å². The number of hydrogen-bond donors (Lipinski definition) is 1. The van der Waals surface area contributed by atoms with Gasteiger partial charge in [-0.3, -0.25) is 0 Å². The zero-order valence-corrected chi connectivity index (χ0v) is 11.1. The molecular weight excluding hydrogens is 232 g/mol. The van der Waals surface area contributed by atoms with Crippen LogP contribution in [0, 0.1) is 18.3 Å². The van der Waals surface area contributed by atoms with Crippen molar-refractivity contribution < 1.29 is 4.42 Å². The Bertz CT molecular complexity index is 423. The van der Waals surface area contributed by atoms with Crippen molar-refractivity contribution in [3.8, 4) is 6.07 Å². The van der Waals surface area contributed by atoms with Gasteiger partial charge in [0, 0.05) is 10.1 Å². The summed E-state index contributed by atoms with van der Waals surface area (Å²) >= 11 is 1.85. The molecule has 0 amide bonds. The van der Waals surface area contributed by atoms with Gasteiger partial charge >= 0.3 is 0 Å². The quantitative estimate of drug-likeness (QED) is 0.895. The number of rotatable bonds is 3. The van der Waals surface area contributed by atoms with Crippen molar-refractivity contribution in [1.29, 1.82) is 5.26 Å². The van der Waals surface area contributed by atoms with Crippen molar-refractivity contribution in [2.24, 2.45) is 0 Å². The third-order valence-corrected chi connectivity index (χ3v) is 4.92. The molecule has 2 unspecified atom stereocenters. The Morgan fingerprint density at radius 3 is 3.06 bits per heavy atom. The first kappa shape index (κ1) is 12.5. The van der Waals surface area contributed by atoms with Crippen molar-refractivity contribution in [2.75, 3.05) is 7.05 Å². The fourth-order valence-corrected chi connectivity index (χ4v) is 3.74. The average Bonchev–Trinajstić information content (AvgIpc) is 2.75. The molecule has 3 nitrogen and oxygen atoms in total. The van der Waals surface area contributed by atoms with E-state index in [9.17, 15) is 5.26 Å². The van der Waals surface area contributed by atoms with E-state index in [1.165, 1.54) is 11.3 Å². The first-order valence-corrected chi connectivity index (χ1v) is 6.88. The van der Waals surface area contributed by atoms with Crippen LogP contribution in [0.2, 0.25) is 0 Å². The lowest BCUT2D eigenvalue weighted by molar-refractivity contribution is 0.323. The number of furan rings is 1. The molecule has 1 N–H and O–H groups in total. The smallest absolute Gasteiger partial charge is 0.114 e. The summed E-state index contributed by atoms with van der Waals surface area (Å²) in [4.78, 5) is 1.21. The van der Waals surface area contributed by atoms with Crippen molar-refractivity contribution in [3.05, 3.63) is 18.1 Å². The summed E-state index contributed by atoms with van der Waals surface area (Å²) in [6.07, 6.45) is 5.90. The van der Waals surface area contributed by atoms with Crippen LogP contribution in [-0.4, -0.2) is 17.8 Å². The molecule has 1 aliphatic carbocycles. The van der Waals surface area contributed by atoms with Gasteiger partial charge in [0.15, 0.2) is 0 Å². The maximum atomic E-state index is 9.30. The fraction of sp³-hybridized carbons (Fsp3) is 0.615. The van der Waals surface area contributed by atoms with Gasteiger partial charge in [-0.2, -0.15) is 5.26 Å². The second kappa shape index (κ2) is 5.16. The monoisotopic (exact) mass is 250 g/mol. The van der Waals surface area contributed by atoms with Crippen molar-refractivity contribution in [3.63, 3.8) is 0 Å². The predicted molar refractivity (Wildman–Crippen MR) is 69.0 cm³/mol. The number of nitrogens with zero attached hydrogens (tertiary/aromatic N) is 1. The summed E-state index contributed by atoms with van der Waals surface area (Å²) in [5, 5.41) is 13.0. The third-order valence-electron chi connectivity index (χ3n) is 3.50. The topological polar surface area (TPSA) is 49.0 Å². The van der Waals surface area contributed by atoms with E-state index in [0.717, 1.165) is 25.0 Å². The van der Waals surface area contributed by atoms with Crippen LogP contribution in [0.4, 0.5) is 0 Å². The molecule has 4 heteroatoms. The van der Waals surface area contributed by atoms with Gasteiger partial charge in [0.05, 0.1) is 12.3 Å². The van der Waals surface area contributed by atoms with Gasteiger partial charge in [-0.05, 0) is 45.7 Å². The van der Waals surface area contributed by atoms with Gasteiger partial charge in [-0.1, -0.05) is 0 Å². The summed E-state index contributed by atoms with van der Waals surface area (Å²) in [6, 6.07) is 4.46. The normalized spacial score (nSPS) is 28.9. The lowest BCUT2D eigenvalue weighted by Gasteiger charge is -2.35. The minimum absolute atomic E-state index is 0.326. The van der Waals surface area contributed by atoms with Crippen LogP contribution in [0.3, 0.4) is 0 Å². The van der Waals surface area contributed by atoms with Crippen LogP contribution >= 0.6 is 11.8 Å². The van der Waals surface area contributed by atoms with Gasteiger partial charge in [0.1, 0.15) is 11.3 Å². The van der Waals surface area contributed by atoms with E-state index in [-0.39, 0.29) is 5.54 Å². The summed E-state index contributed by atoms with van der Waals surface area (Å²) in [5.74, 6) is 0.979. The second-order valence-electron chi connectivity index (χ2n) is 4.62. The molecule has 1 heterocycles. The van der Waals surface area contributed by atoms with Gasteiger partial charge < -0.3 is 9.73 Å². The summed E-state index contributed by atoms with van der Waals surface area (Å²) in [6.45, 7) is 1.99. The van der Waals surface area contributed by atoms with Gasteiger partial charge in [-0.15, -0.1) is 11.8 Å². The number of hydrogen-bond acceptors (Lipinski definition) is 4. The van der Waals surface area contributed by atoms with E-state index in [0.29, 0.717) is 5.25 Å². The molecule has 1 saturated carbocycles. The van der Waals surface area contributed by atoms with Crippen molar-refractivity contribution in [1.82, 2.24) is 5.32 Å². The molecule has 0 saturated heterocycles. The van der Waals surface area contributed by atoms with Crippen LogP contribution in [0.15, 0.2) is 21.6 Å². The SMILES string of the molecule is CNC1(C#N)CCCC(Sc2ccoc2C)C1. The molecule has 1 aromatic rings. The maximum absolute atomic E-state index is 9.30. The largest absolute Gasteiger partial charge is 0.468 e. The summed E-state index contributed by atoms with van der Waals surface area (Å²) in [5.41, 5.74) is -0.326. The molecule has 0 aliphatic heterocycles. The molecule has 1 fully saturated rings. The van der Waals surface area contributed by atoms with E-state index in [1.807, 2.05) is 31.8 Å². The van der Waals surface area contributed by atoms with E-state index in [4.69, 9.17) is 4.42 Å². The maximum Gasteiger partial charge on any atom is 0.114 e. The van der Waals surface area contributed by atoms with E-state index in [1.54, 1.807) is 6.26 Å². The molecule has 0 spiro atoms. The predicted octanol–water partition coefficient (Wildman–Crippen LogP) is 3.10. The lowest BCUT2D eigenvalue weighted by Crippen LogP contribution is -2.46. The number of nitriles is 1. The van der Waals surface area contributed by atoms with Gasteiger partial charge in [0.2, 0.25) is 0 Å². The van der Waals surface area contributed by atoms with Gasteiger partial charge in [-0.25, -0.2) is 0 Å². The average molecular weight is 250 g/mol. The Hall–Kier alpha value is -0.920. The van der Waals surface area contributed by atoms with Crippen LogP contribution in [0.1, 0.15) is 31.4 Å². The van der Waals surface area contributed by atoms with Crippen LogP contribution in [-0.2, 0) is 0 Å². The van der Waals surface area contributed by atoms with Crippen LogP contribution < -0.4 is 5.32 Å². The first-order chi connectivity index (χ1) is 8.19. The Kier molecular flexibility index (Phi) is 3.80. The molecule has 0 aromatic carbocycles. The Labute approximate surface area is 107 Å². The van der Waals surface area contributed by atoms with E-state index in [2.05, 4.69) is 11.4 Å². The minimum atomic E-state index is -0.326. The second-order valence-corrected chi connectivity index (χ2v) is 5.96. The molecule has 17 heavy (non-hydrogen) atoms. The van der Waals surface area contributed by atoms with Crippen LogP contribution in [0.25, 0.3) is 0 Å². The zero-order chi connectivity index (χ0) is 12.3. The minimum Gasteiger partial charge on any atom is -0.468 e. The highest BCUT2D eigenvalue weighted by molar-refractivity contribution is 8.00. The fourth-order valence-electron chi connectivity index (χ4n) is 2.38. The van der Waals surface area contributed by atoms with Gasteiger partial charge in [0.25, 0.3) is 0 Å². The lowest BCUT2D eigenvalue weighted by atomic mass is 9.83. The van der Waals surface area contributed by atoms with Crippen molar-refractivity contribution in [2.45, 2.75) is 48.3 Å². The molecule has 1 aliphatic rings. The summed E-state index contributed by atoms with van der Waals surface area (Å²) < 4.78 is 5.31.